The molecule has 0 atom stereocenters. The molecule has 2 heteroatoms. The number of hydrogen-bond acceptors (Lipinski definition) is 1. The Hall–Kier alpha value is -6.12. The fourth-order valence-corrected chi connectivity index (χ4v) is 7.40. The largest absolute Gasteiger partial charge is 0.309 e. The van der Waals surface area contributed by atoms with E-state index < -0.39 is 0 Å². The first kappa shape index (κ1) is 27.2. The summed E-state index contributed by atoms with van der Waals surface area (Å²) in [6.07, 6.45) is 0. The Labute approximate surface area is 274 Å². The SMILES string of the molecule is Cc1cccc(-c2c3ccccc3c(N(c3ccccc3)c3ccc4c(c3)c3ccccc3n4-c3ccccc3)c3ccccc23)c1. The van der Waals surface area contributed by atoms with Gasteiger partial charge in [0.05, 0.1) is 16.7 Å². The van der Waals surface area contributed by atoms with Crippen molar-refractivity contribution in [1.29, 1.82) is 0 Å². The maximum absolute atomic E-state index is 2.46. The lowest BCUT2D eigenvalue weighted by Gasteiger charge is -2.29. The zero-order valence-electron chi connectivity index (χ0n) is 26.1. The zero-order valence-corrected chi connectivity index (χ0v) is 26.1. The van der Waals surface area contributed by atoms with E-state index in [1.54, 1.807) is 0 Å². The summed E-state index contributed by atoms with van der Waals surface area (Å²) in [7, 11) is 0. The molecule has 0 bridgehead atoms. The average molecular weight is 601 g/mol. The summed E-state index contributed by atoms with van der Waals surface area (Å²) in [4.78, 5) is 2.46. The van der Waals surface area contributed by atoms with Crippen LogP contribution in [0.3, 0.4) is 0 Å². The van der Waals surface area contributed by atoms with E-state index in [2.05, 4.69) is 192 Å². The Balaban J connectivity index is 1.38. The third-order valence-electron chi connectivity index (χ3n) is 9.38. The predicted molar refractivity (Wildman–Crippen MR) is 201 cm³/mol. The summed E-state index contributed by atoms with van der Waals surface area (Å²) < 4.78 is 2.38. The number of benzene rings is 8. The predicted octanol–water partition coefficient (Wildman–Crippen LogP) is 12.5. The molecule has 0 fully saturated rings. The number of rotatable bonds is 5. The molecule has 0 spiro atoms. The van der Waals surface area contributed by atoms with Crippen LogP contribution in [0.2, 0.25) is 0 Å². The molecule has 9 aromatic rings. The van der Waals surface area contributed by atoms with Crippen LogP contribution in [0.4, 0.5) is 17.1 Å². The van der Waals surface area contributed by atoms with Gasteiger partial charge in [0.25, 0.3) is 0 Å². The van der Waals surface area contributed by atoms with Gasteiger partial charge in [-0.3, -0.25) is 0 Å². The third-order valence-corrected chi connectivity index (χ3v) is 9.38. The minimum Gasteiger partial charge on any atom is -0.309 e. The molecule has 0 aliphatic heterocycles. The highest BCUT2D eigenvalue weighted by atomic mass is 15.1. The van der Waals surface area contributed by atoms with Crippen LogP contribution in [-0.4, -0.2) is 4.57 Å². The first-order valence-electron chi connectivity index (χ1n) is 16.2. The molecule has 9 rings (SSSR count). The van der Waals surface area contributed by atoms with Gasteiger partial charge in [-0.2, -0.15) is 0 Å². The van der Waals surface area contributed by atoms with Crippen LogP contribution in [-0.2, 0) is 0 Å². The smallest absolute Gasteiger partial charge is 0.0618 e. The molecule has 1 aromatic heterocycles. The van der Waals surface area contributed by atoms with E-state index in [4.69, 9.17) is 0 Å². The average Bonchev–Trinajstić information content (AvgIpc) is 3.46. The molecule has 0 aliphatic rings. The van der Waals surface area contributed by atoms with E-state index in [0.29, 0.717) is 0 Å². The van der Waals surface area contributed by atoms with E-state index >= 15 is 0 Å². The quantitative estimate of drug-likeness (QED) is 0.178. The van der Waals surface area contributed by atoms with Gasteiger partial charge >= 0.3 is 0 Å². The van der Waals surface area contributed by atoms with Gasteiger partial charge < -0.3 is 9.47 Å². The van der Waals surface area contributed by atoms with Crippen LogP contribution in [0.25, 0.3) is 60.2 Å². The highest BCUT2D eigenvalue weighted by molar-refractivity contribution is 6.22. The van der Waals surface area contributed by atoms with Crippen molar-refractivity contribution in [1.82, 2.24) is 4.57 Å². The van der Waals surface area contributed by atoms with Crippen LogP contribution in [0.1, 0.15) is 5.56 Å². The number of aromatic nitrogens is 1. The van der Waals surface area contributed by atoms with Crippen molar-refractivity contribution in [3.63, 3.8) is 0 Å². The Morgan fingerprint density at radius 3 is 1.66 bits per heavy atom. The van der Waals surface area contributed by atoms with Gasteiger partial charge in [-0.05, 0) is 77.4 Å². The Kier molecular flexibility index (Phi) is 6.39. The van der Waals surface area contributed by atoms with Crippen molar-refractivity contribution in [2.45, 2.75) is 6.92 Å². The molecule has 0 aliphatic carbocycles. The topological polar surface area (TPSA) is 8.17 Å². The van der Waals surface area contributed by atoms with Crippen molar-refractivity contribution in [3.8, 4) is 16.8 Å². The molecular formula is C45H32N2. The number of anilines is 3. The van der Waals surface area contributed by atoms with Crippen molar-refractivity contribution >= 4 is 60.4 Å². The van der Waals surface area contributed by atoms with Gasteiger partial charge in [0.1, 0.15) is 0 Å². The number of fused-ring (bicyclic) bond motifs is 5. The highest BCUT2D eigenvalue weighted by Crippen LogP contribution is 2.48. The lowest BCUT2D eigenvalue weighted by atomic mass is 9.89. The van der Waals surface area contributed by atoms with E-state index in [0.717, 1.165) is 17.1 Å². The molecule has 47 heavy (non-hydrogen) atoms. The van der Waals surface area contributed by atoms with Crippen molar-refractivity contribution in [3.05, 3.63) is 181 Å². The zero-order chi connectivity index (χ0) is 31.3. The molecule has 0 radical (unpaired) electrons. The maximum atomic E-state index is 2.46. The van der Waals surface area contributed by atoms with E-state index in [-0.39, 0.29) is 0 Å². The van der Waals surface area contributed by atoms with Crippen LogP contribution in [0.5, 0.6) is 0 Å². The number of hydrogen-bond donors (Lipinski definition) is 0. The molecule has 0 saturated carbocycles. The molecule has 222 valence electrons. The molecule has 1 heterocycles. The van der Waals surface area contributed by atoms with Gasteiger partial charge in [0.15, 0.2) is 0 Å². The molecule has 0 saturated heterocycles. The van der Waals surface area contributed by atoms with Gasteiger partial charge in [0.2, 0.25) is 0 Å². The lowest BCUT2D eigenvalue weighted by molar-refractivity contribution is 1.18. The fourth-order valence-electron chi connectivity index (χ4n) is 7.40. The van der Waals surface area contributed by atoms with Gasteiger partial charge in [0, 0.05) is 38.6 Å². The maximum Gasteiger partial charge on any atom is 0.0618 e. The summed E-state index contributed by atoms with van der Waals surface area (Å²) >= 11 is 0. The Morgan fingerprint density at radius 1 is 0.404 bits per heavy atom. The lowest BCUT2D eigenvalue weighted by Crippen LogP contribution is -2.11. The van der Waals surface area contributed by atoms with Crippen LogP contribution in [0, 0.1) is 6.92 Å². The van der Waals surface area contributed by atoms with Crippen molar-refractivity contribution < 1.29 is 0 Å². The van der Waals surface area contributed by atoms with Gasteiger partial charge in [-0.1, -0.05) is 133 Å². The monoisotopic (exact) mass is 600 g/mol. The fraction of sp³-hybridized carbons (Fsp3) is 0.0222. The minimum absolute atomic E-state index is 1.12. The molecule has 2 nitrogen and oxygen atoms in total. The summed E-state index contributed by atoms with van der Waals surface area (Å²) in [5.74, 6) is 0. The summed E-state index contributed by atoms with van der Waals surface area (Å²) in [5, 5.41) is 7.40. The first-order valence-corrected chi connectivity index (χ1v) is 16.2. The van der Waals surface area contributed by atoms with Crippen molar-refractivity contribution in [2.24, 2.45) is 0 Å². The van der Waals surface area contributed by atoms with Crippen LogP contribution < -0.4 is 4.90 Å². The van der Waals surface area contributed by atoms with Crippen molar-refractivity contribution in [2.75, 3.05) is 4.90 Å². The Morgan fingerprint density at radius 2 is 0.979 bits per heavy atom. The normalized spacial score (nSPS) is 11.5. The summed E-state index contributed by atoms with van der Waals surface area (Å²) in [5.41, 5.74) is 10.8. The molecule has 0 amide bonds. The summed E-state index contributed by atoms with van der Waals surface area (Å²) in [6, 6.07) is 63.8. The third kappa shape index (κ3) is 4.41. The molecule has 0 N–H and O–H groups in total. The Bertz CT molecular complexity index is 2520. The van der Waals surface area contributed by atoms with E-state index in [1.807, 2.05) is 0 Å². The first-order chi connectivity index (χ1) is 23.3. The van der Waals surface area contributed by atoms with Crippen LogP contribution in [0.15, 0.2) is 176 Å². The number of para-hydroxylation sites is 3. The van der Waals surface area contributed by atoms with E-state index in [1.165, 1.54) is 65.7 Å². The van der Waals surface area contributed by atoms with Gasteiger partial charge in [-0.15, -0.1) is 0 Å². The van der Waals surface area contributed by atoms with Crippen LogP contribution >= 0.6 is 0 Å². The number of aryl methyl sites for hydroxylation is 1. The number of nitrogens with zero attached hydrogens (tertiary/aromatic N) is 2. The molecular weight excluding hydrogens is 569 g/mol. The second-order valence-corrected chi connectivity index (χ2v) is 12.2. The standard InChI is InChI=1S/C45H32N2/c1-31-15-14-16-32(29-31)44-37-22-8-10-24-39(37)45(40-25-11-9-23-38(40)44)46(33-17-4-2-5-18-33)35-27-28-43-41(30-35)36-21-12-13-26-42(36)47(43)34-19-6-3-7-20-34/h2-30H,1H3. The van der Waals surface area contributed by atoms with E-state index in [9.17, 15) is 0 Å². The molecule has 0 unspecified atom stereocenters. The summed E-state index contributed by atoms with van der Waals surface area (Å²) in [6.45, 7) is 2.17. The van der Waals surface area contributed by atoms with Gasteiger partial charge in [-0.25, -0.2) is 0 Å². The highest BCUT2D eigenvalue weighted by Gasteiger charge is 2.23. The second kappa shape index (κ2) is 11.0. The minimum atomic E-state index is 1.12. The molecule has 8 aromatic carbocycles. The second-order valence-electron chi connectivity index (χ2n) is 12.2.